The van der Waals surface area contributed by atoms with Gasteiger partial charge in [0.2, 0.25) is 0 Å². The van der Waals surface area contributed by atoms with Gasteiger partial charge in [-0.25, -0.2) is 0 Å². The van der Waals surface area contributed by atoms with Gasteiger partial charge < -0.3 is 10.2 Å². The van der Waals surface area contributed by atoms with Gasteiger partial charge in [0.15, 0.2) is 0 Å². The molecule has 102 valence electrons. The highest BCUT2D eigenvalue weighted by Crippen LogP contribution is 2.32. The molecular formula is C15H25BrN2. The summed E-state index contributed by atoms with van der Waals surface area (Å²) >= 11 is 3.69. The molecule has 0 aliphatic rings. The zero-order valence-corrected chi connectivity index (χ0v) is 13.8. The van der Waals surface area contributed by atoms with E-state index >= 15 is 0 Å². The molecule has 0 aliphatic carbocycles. The number of halogens is 1. The highest BCUT2D eigenvalue weighted by Gasteiger charge is 2.22. The van der Waals surface area contributed by atoms with Crippen LogP contribution in [-0.2, 0) is 6.54 Å². The van der Waals surface area contributed by atoms with Gasteiger partial charge in [0, 0.05) is 23.6 Å². The van der Waals surface area contributed by atoms with E-state index in [1.807, 2.05) is 0 Å². The Balaban J connectivity index is 2.91. The molecule has 0 aliphatic heterocycles. The lowest BCUT2D eigenvalue weighted by atomic mass is 9.99. The molecule has 18 heavy (non-hydrogen) atoms. The molecule has 0 fully saturated rings. The Bertz CT molecular complexity index is 388. The number of rotatable bonds is 6. The van der Waals surface area contributed by atoms with Crippen LogP contribution in [0.2, 0.25) is 0 Å². The molecule has 0 bridgehead atoms. The fourth-order valence-electron chi connectivity index (χ4n) is 1.76. The topological polar surface area (TPSA) is 15.3 Å². The highest BCUT2D eigenvalue weighted by molar-refractivity contribution is 9.10. The van der Waals surface area contributed by atoms with Crippen LogP contribution in [0, 0.1) is 0 Å². The molecule has 0 radical (unpaired) electrons. The van der Waals surface area contributed by atoms with Crippen molar-refractivity contribution in [2.45, 2.75) is 46.2 Å². The van der Waals surface area contributed by atoms with Crippen molar-refractivity contribution in [3.8, 4) is 0 Å². The molecule has 3 heteroatoms. The van der Waals surface area contributed by atoms with Crippen LogP contribution >= 0.6 is 15.9 Å². The van der Waals surface area contributed by atoms with E-state index in [1.165, 1.54) is 15.7 Å². The molecule has 0 unspecified atom stereocenters. The van der Waals surface area contributed by atoms with Crippen LogP contribution in [0.4, 0.5) is 5.69 Å². The minimum Gasteiger partial charge on any atom is -0.369 e. The van der Waals surface area contributed by atoms with Crippen LogP contribution in [0.1, 0.15) is 39.7 Å². The third-order valence-corrected chi connectivity index (χ3v) is 4.36. The molecule has 0 aromatic heterocycles. The summed E-state index contributed by atoms with van der Waals surface area (Å²) in [6.07, 6.45) is 1.12. The van der Waals surface area contributed by atoms with Crippen LogP contribution in [0.15, 0.2) is 22.7 Å². The predicted octanol–water partition coefficient (Wildman–Crippen LogP) is 4.18. The molecule has 0 heterocycles. The third-order valence-electron chi connectivity index (χ3n) is 3.73. The average molecular weight is 313 g/mol. The SMILES string of the molecule is CCNCc1ccc(N(C)C(C)(C)CC)c(Br)c1. The maximum Gasteiger partial charge on any atom is 0.0512 e. The van der Waals surface area contributed by atoms with Crippen molar-refractivity contribution in [1.82, 2.24) is 5.32 Å². The van der Waals surface area contributed by atoms with E-state index in [-0.39, 0.29) is 5.54 Å². The minimum atomic E-state index is 0.172. The van der Waals surface area contributed by atoms with Gasteiger partial charge in [-0.3, -0.25) is 0 Å². The molecule has 0 saturated carbocycles. The first-order chi connectivity index (χ1) is 8.42. The third kappa shape index (κ3) is 3.72. The lowest BCUT2D eigenvalue weighted by Crippen LogP contribution is -2.40. The van der Waals surface area contributed by atoms with Crippen molar-refractivity contribution in [2.24, 2.45) is 0 Å². The van der Waals surface area contributed by atoms with Gasteiger partial charge in [-0.15, -0.1) is 0 Å². The van der Waals surface area contributed by atoms with Gasteiger partial charge >= 0.3 is 0 Å². The smallest absolute Gasteiger partial charge is 0.0512 e. The lowest BCUT2D eigenvalue weighted by Gasteiger charge is -2.37. The first kappa shape index (κ1) is 15.5. The van der Waals surface area contributed by atoms with E-state index in [2.05, 4.69) is 79.1 Å². The summed E-state index contributed by atoms with van der Waals surface area (Å²) in [6, 6.07) is 6.61. The first-order valence-corrected chi connectivity index (χ1v) is 7.44. The Kier molecular flexibility index (Phi) is 5.67. The zero-order chi connectivity index (χ0) is 13.8. The summed E-state index contributed by atoms with van der Waals surface area (Å²) in [6.45, 7) is 10.8. The van der Waals surface area contributed by atoms with Gasteiger partial charge in [0.05, 0.1) is 5.69 Å². The second-order valence-electron chi connectivity index (χ2n) is 5.29. The van der Waals surface area contributed by atoms with Crippen LogP contribution in [0.5, 0.6) is 0 Å². The Labute approximate surface area is 120 Å². The average Bonchev–Trinajstić information content (AvgIpc) is 2.35. The molecular weight excluding hydrogens is 288 g/mol. The van der Waals surface area contributed by atoms with Crippen LogP contribution in [0.25, 0.3) is 0 Å². The van der Waals surface area contributed by atoms with Crippen LogP contribution < -0.4 is 10.2 Å². The van der Waals surface area contributed by atoms with E-state index in [1.54, 1.807) is 0 Å². The standard InChI is InChI=1S/C15H25BrN2/c1-6-15(3,4)18(5)14-9-8-12(10-13(14)16)11-17-7-2/h8-10,17H,6-7,11H2,1-5H3. The van der Waals surface area contributed by atoms with Crippen LogP contribution in [0.3, 0.4) is 0 Å². The Morgan fingerprint density at radius 2 is 1.94 bits per heavy atom. The van der Waals surface area contributed by atoms with Gasteiger partial charge in [0.25, 0.3) is 0 Å². The molecule has 0 atom stereocenters. The molecule has 0 spiro atoms. The van der Waals surface area contributed by atoms with E-state index in [4.69, 9.17) is 0 Å². The minimum absolute atomic E-state index is 0.172. The molecule has 1 aromatic rings. The van der Waals surface area contributed by atoms with Crippen molar-refractivity contribution in [3.05, 3.63) is 28.2 Å². The van der Waals surface area contributed by atoms with Crippen molar-refractivity contribution in [2.75, 3.05) is 18.5 Å². The molecule has 1 rings (SSSR count). The quantitative estimate of drug-likeness (QED) is 0.847. The van der Waals surface area contributed by atoms with Crippen molar-refractivity contribution >= 4 is 21.6 Å². The van der Waals surface area contributed by atoms with Gasteiger partial charge in [0.1, 0.15) is 0 Å². The molecule has 0 saturated heterocycles. The van der Waals surface area contributed by atoms with Crippen LogP contribution in [-0.4, -0.2) is 19.1 Å². The van der Waals surface area contributed by atoms with E-state index in [0.717, 1.165) is 19.5 Å². The van der Waals surface area contributed by atoms with Crippen molar-refractivity contribution in [1.29, 1.82) is 0 Å². The largest absolute Gasteiger partial charge is 0.369 e. The lowest BCUT2D eigenvalue weighted by molar-refractivity contribution is 0.470. The maximum atomic E-state index is 3.69. The Morgan fingerprint density at radius 3 is 2.44 bits per heavy atom. The number of benzene rings is 1. The molecule has 1 aromatic carbocycles. The van der Waals surface area contributed by atoms with Crippen molar-refractivity contribution in [3.63, 3.8) is 0 Å². The zero-order valence-electron chi connectivity index (χ0n) is 12.2. The normalized spacial score (nSPS) is 11.7. The summed E-state index contributed by atoms with van der Waals surface area (Å²) in [5.74, 6) is 0. The fraction of sp³-hybridized carbons (Fsp3) is 0.600. The number of anilines is 1. The Morgan fingerprint density at radius 1 is 1.28 bits per heavy atom. The van der Waals surface area contributed by atoms with E-state index in [0.29, 0.717) is 0 Å². The second kappa shape index (κ2) is 6.58. The monoisotopic (exact) mass is 312 g/mol. The number of nitrogens with zero attached hydrogens (tertiary/aromatic N) is 1. The fourth-order valence-corrected chi connectivity index (χ4v) is 2.46. The van der Waals surface area contributed by atoms with E-state index < -0.39 is 0 Å². The number of hydrogen-bond donors (Lipinski definition) is 1. The summed E-state index contributed by atoms with van der Waals surface area (Å²) in [5.41, 5.74) is 2.74. The first-order valence-electron chi connectivity index (χ1n) is 6.65. The van der Waals surface area contributed by atoms with Gasteiger partial charge in [-0.2, -0.15) is 0 Å². The maximum absolute atomic E-state index is 3.69. The number of hydrogen-bond acceptors (Lipinski definition) is 2. The van der Waals surface area contributed by atoms with Gasteiger partial charge in [-0.1, -0.05) is 19.9 Å². The Hall–Kier alpha value is -0.540. The summed E-state index contributed by atoms with van der Waals surface area (Å²) in [4.78, 5) is 2.34. The molecule has 2 nitrogen and oxygen atoms in total. The second-order valence-corrected chi connectivity index (χ2v) is 6.15. The highest BCUT2D eigenvalue weighted by atomic mass is 79.9. The summed E-state index contributed by atoms with van der Waals surface area (Å²) < 4.78 is 1.17. The summed E-state index contributed by atoms with van der Waals surface area (Å²) in [7, 11) is 2.16. The molecule has 0 amide bonds. The van der Waals surface area contributed by atoms with Gasteiger partial charge in [-0.05, 0) is 60.4 Å². The van der Waals surface area contributed by atoms with E-state index in [9.17, 15) is 0 Å². The predicted molar refractivity (Wildman–Crippen MR) is 84.3 cm³/mol. The molecule has 1 N–H and O–H groups in total. The van der Waals surface area contributed by atoms with Crippen molar-refractivity contribution < 1.29 is 0 Å². The number of nitrogens with one attached hydrogen (secondary N) is 1. The summed E-state index contributed by atoms with van der Waals surface area (Å²) in [5, 5.41) is 3.35.